The predicted molar refractivity (Wildman–Crippen MR) is 106 cm³/mol. The lowest BCUT2D eigenvalue weighted by atomic mass is 10.3. The van der Waals surface area contributed by atoms with Crippen molar-refractivity contribution >= 4 is 34.5 Å². The average molecular weight is 405 g/mol. The van der Waals surface area contributed by atoms with E-state index in [1.54, 1.807) is 17.7 Å². The Labute approximate surface area is 164 Å². The summed E-state index contributed by atoms with van der Waals surface area (Å²) in [5.41, 5.74) is -0.192. The molecule has 0 aliphatic heterocycles. The summed E-state index contributed by atoms with van der Waals surface area (Å²) in [4.78, 5) is 41.4. The van der Waals surface area contributed by atoms with E-state index in [-0.39, 0.29) is 17.1 Å². The minimum absolute atomic E-state index is 0.0182. The standard InChI is InChI=1S/C18H20FN5O3S/c1-4-9-24-14-15(22(2)18(27)23(3)16(14)26)21-17(24)28-10-13(25)20-12-8-6-5-7-11(12)19/h5-8H,4,9-10H2,1-3H3,(H,20,25). The molecule has 3 aromatic rings. The molecular weight excluding hydrogens is 385 g/mol. The minimum atomic E-state index is -0.516. The molecule has 1 aromatic carbocycles. The third kappa shape index (κ3) is 3.59. The van der Waals surface area contributed by atoms with Crippen LogP contribution in [0.25, 0.3) is 11.2 Å². The zero-order valence-electron chi connectivity index (χ0n) is 15.7. The van der Waals surface area contributed by atoms with Crippen molar-refractivity contribution < 1.29 is 9.18 Å². The number of carbonyl (C=O) groups excluding carboxylic acids is 1. The van der Waals surface area contributed by atoms with E-state index >= 15 is 0 Å². The number of halogens is 1. The van der Waals surface area contributed by atoms with Gasteiger partial charge in [0.25, 0.3) is 5.56 Å². The van der Waals surface area contributed by atoms with Crippen molar-refractivity contribution in [3.05, 3.63) is 50.9 Å². The van der Waals surface area contributed by atoms with Crippen LogP contribution in [0.2, 0.25) is 0 Å². The lowest BCUT2D eigenvalue weighted by Crippen LogP contribution is -2.37. The van der Waals surface area contributed by atoms with Gasteiger partial charge < -0.3 is 9.88 Å². The molecule has 28 heavy (non-hydrogen) atoms. The van der Waals surface area contributed by atoms with E-state index in [0.717, 1.165) is 22.7 Å². The van der Waals surface area contributed by atoms with Crippen LogP contribution in [0.4, 0.5) is 10.1 Å². The summed E-state index contributed by atoms with van der Waals surface area (Å²) in [5, 5.41) is 2.97. The van der Waals surface area contributed by atoms with Gasteiger partial charge >= 0.3 is 5.69 Å². The first-order chi connectivity index (χ1) is 13.3. The number of imidazole rings is 1. The maximum Gasteiger partial charge on any atom is 0.332 e. The molecule has 0 atom stereocenters. The molecular formula is C18H20FN5O3S. The molecule has 3 rings (SSSR count). The number of benzene rings is 1. The quantitative estimate of drug-likeness (QED) is 0.631. The van der Waals surface area contributed by atoms with Crippen LogP contribution in [0.3, 0.4) is 0 Å². The number of fused-ring (bicyclic) bond motifs is 1. The number of anilines is 1. The van der Waals surface area contributed by atoms with Gasteiger partial charge in [-0.2, -0.15) is 0 Å². The van der Waals surface area contributed by atoms with Crippen molar-refractivity contribution in [3.8, 4) is 0 Å². The van der Waals surface area contributed by atoms with Gasteiger partial charge in [0, 0.05) is 20.6 Å². The Morgan fingerprint density at radius 1 is 1.21 bits per heavy atom. The molecule has 0 bridgehead atoms. The van der Waals surface area contributed by atoms with E-state index in [1.807, 2.05) is 6.92 Å². The molecule has 1 N–H and O–H groups in total. The van der Waals surface area contributed by atoms with Gasteiger partial charge in [-0.05, 0) is 18.6 Å². The van der Waals surface area contributed by atoms with Gasteiger partial charge in [0.2, 0.25) is 5.91 Å². The number of aryl methyl sites for hydroxylation is 2. The first kappa shape index (κ1) is 19.9. The van der Waals surface area contributed by atoms with Gasteiger partial charge in [-0.1, -0.05) is 30.8 Å². The second-order valence-electron chi connectivity index (χ2n) is 6.24. The molecule has 0 spiro atoms. The number of thioether (sulfide) groups is 1. The normalized spacial score (nSPS) is 11.1. The number of carbonyl (C=O) groups is 1. The fraction of sp³-hybridized carbons (Fsp3) is 0.333. The first-order valence-electron chi connectivity index (χ1n) is 8.68. The Morgan fingerprint density at radius 2 is 1.93 bits per heavy atom. The molecule has 0 fully saturated rings. The van der Waals surface area contributed by atoms with Gasteiger partial charge in [-0.15, -0.1) is 0 Å². The number of rotatable bonds is 6. The monoisotopic (exact) mass is 405 g/mol. The van der Waals surface area contributed by atoms with Crippen molar-refractivity contribution in [1.82, 2.24) is 18.7 Å². The molecule has 0 saturated heterocycles. The van der Waals surface area contributed by atoms with E-state index in [4.69, 9.17) is 0 Å². The highest BCUT2D eigenvalue weighted by molar-refractivity contribution is 7.99. The van der Waals surface area contributed by atoms with Gasteiger partial charge in [0.05, 0.1) is 11.4 Å². The minimum Gasteiger partial charge on any atom is -0.323 e. The topological polar surface area (TPSA) is 90.9 Å². The third-order valence-electron chi connectivity index (χ3n) is 4.24. The van der Waals surface area contributed by atoms with Crippen LogP contribution in [0.15, 0.2) is 39.0 Å². The van der Waals surface area contributed by atoms with Crippen LogP contribution in [0.5, 0.6) is 0 Å². The Morgan fingerprint density at radius 3 is 2.61 bits per heavy atom. The van der Waals surface area contributed by atoms with Gasteiger partial charge in [-0.3, -0.25) is 18.7 Å². The van der Waals surface area contributed by atoms with Crippen LogP contribution in [0.1, 0.15) is 13.3 Å². The predicted octanol–water partition coefficient (Wildman–Crippen LogP) is 1.71. The SMILES string of the molecule is CCCn1c(SCC(=O)Nc2ccccc2F)nc2c1c(=O)n(C)c(=O)n2C. The zero-order chi connectivity index (χ0) is 20.4. The van der Waals surface area contributed by atoms with E-state index in [2.05, 4.69) is 10.3 Å². The van der Waals surface area contributed by atoms with Crippen molar-refractivity contribution in [1.29, 1.82) is 0 Å². The van der Waals surface area contributed by atoms with Gasteiger partial charge in [-0.25, -0.2) is 14.2 Å². The number of nitrogens with one attached hydrogen (secondary N) is 1. The number of hydrogen-bond donors (Lipinski definition) is 1. The second-order valence-corrected chi connectivity index (χ2v) is 7.18. The van der Waals surface area contributed by atoms with E-state index in [0.29, 0.717) is 17.2 Å². The summed E-state index contributed by atoms with van der Waals surface area (Å²) >= 11 is 1.13. The number of hydrogen-bond acceptors (Lipinski definition) is 5. The maximum atomic E-state index is 13.7. The van der Waals surface area contributed by atoms with Crippen molar-refractivity contribution in [2.45, 2.75) is 25.0 Å². The molecule has 10 heteroatoms. The molecule has 1 amide bonds. The van der Waals surface area contributed by atoms with E-state index in [9.17, 15) is 18.8 Å². The average Bonchev–Trinajstić information content (AvgIpc) is 3.04. The summed E-state index contributed by atoms with van der Waals surface area (Å²) in [6.07, 6.45) is 0.742. The molecule has 0 aliphatic carbocycles. The Hall–Kier alpha value is -2.88. The number of para-hydroxylation sites is 1. The summed E-state index contributed by atoms with van der Waals surface area (Å²) in [6, 6.07) is 5.91. The van der Waals surface area contributed by atoms with Crippen LogP contribution >= 0.6 is 11.8 Å². The largest absolute Gasteiger partial charge is 0.332 e. The molecule has 8 nitrogen and oxygen atoms in total. The van der Waals surface area contributed by atoms with Crippen LogP contribution in [-0.2, 0) is 25.4 Å². The van der Waals surface area contributed by atoms with Gasteiger partial charge in [0.1, 0.15) is 5.82 Å². The van der Waals surface area contributed by atoms with Crippen LogP contribution in [-0.4, -0.2) is 30.3 Å². The number of amides is 1. The maximum absolute atomic E-state index is 13.7. The lowest BCUT2D eigenvalue weighted by molar-refractivity contribution is -0.113. The van der Waals surface area contributed by atoms with E-state index < -0.39 is 23.0 Å². The molecule has 0 saturated carbocycles. The molecule has 148 valence electrons. The van der Waals surface area contributed by atoms with Crippen molar-refractivity contribution in [2.24, 2.45) is 14.1 Å². The second kappa shape index (κ2) is 8.01. The Bertz CT molecular complexity index is 1160. The smallest absolute Gasteiger partial charge is 0.323 e. The summed E-state index contributed by atoms with van der Waals surface area (Å²) in [7, 11) is 2.97. The van der Waals surface area contributed by atoms with Crippen molar-refractivity contribution in [2.75, 3.05) is 11.1 Å². The fourth-order valence-electron chi connectivity index (χ4n) is 2.85. The number of aromatic nitrogens is 4. The fourth-order valence-corrected chi connectivity index (χ4v) is 3.67. The molecule has 0 aliphatic rings. The highest BCUT2D eigenvalue weighted by Crippen LogP contribution is 2.22. The Balaban J connectivity index is 1.91. The zero-order valence-corrected chi connectivity index (χ0v) is 16.5. The van der Waals surface area contributed by atoms with E-state index in [1.165, 1.54) is 29.8 Å². The molecule has 0 radical (unpaired) electrons. The van der Waals surface area contributed by atoms with Crippen LogP contribution in [0, 0.1) is 5.82 Å². The molecule has 2 heterocycles. The summed E-state index contributed by atoms with van der Waals surface area (Å²) < 4.78 is 17.7. The lowest BCUT2D eigenvalue weighted by Gasteiger charge is -2.08. The molecule has 0 unspecified atom stereocenters. The summed E-state index contributed by atoms with van der Waals surface area (Å²) in [6.45, 7) is 2.47. The summed E-state index contributed by atoms with van der Waals surface area (Å²) in [5.74, 6) is -0.931. The highest BCUT2D eigenvalue weighted by atomic mass is 32.2. The van der Waals surface area contributed by atoms with Crippen LogP contribution < -0.4 is 16.6 Å². The van der Waals surface area contributed by atoms with Crippen molar-refractivity contribution in [3.63, 3.8) is 0 Å². The Kier molecular flexibility index (Phi) is 5.68. The third-order valence-corrected chi connectivity index (χ3v) is 5.22. The molecule has 2 aromatic heterocycles. The highest BCUT2D eigenvalue weighted by Gasteiger charge is 2.19. The number of nitrogens with zero attached hydrogens (tertiary/aromatic N) is 4. The van der Waals surface area contributed by atoms with Gasteiger partial charge in [0.15, 0.2) is 16.3 Å². The first-order valence-corrected chi connectivity index (χ1v) is 9.67.